The second-order valence-electron chi connectivity index (χ2n) is 3.78. The fourth-order valence-electron chi connectivity index (χ4n) is 1.72. The van der Waals surface area contributed by atoms with Crippen molar-refractivity contribution < 1.29 is 24.9 Å². The summed E-state index contributed by atoms with van der Waals surface area (Å²) in [5.74, 6) is -2.29. The summed E-state index contributed by atoms with van der Waals surface area (Å²) < 4.78 is 0. The molecule has 0 aromatic heterocycles. The highest BCUT2D eigenvalue weighted by Gasteiger charge is 2.21. The summed E-state index contributed by atoms with van der Waals surface area (Å²) in [6.07, 6.45) is -1.50. The molecule has 0 radical (unpaired) electrons. The fraction of sp³-hybridized carbons (Fsp3) is 0.333. The van der Waals surface area contributed by atoms with Gasteiger partial charge in [-0.2, -0.15) is 0 Å². The minimum Gasteiger partial charge on any atom is -0.481 e. The Morgan fingerprint density at radius 1 is 1.29 bits per heavy atom. The quantitative estimate of drug-likeness (QED) is 0.714. The van der Waals surface area contributed by atoms with E-state index in [1.54, 1.807) is 25.1 Å². The van der Waals surface area contributed by atoms with Crippen molar-refractivity contribution >= 4 is 11.9 Å². The highest BCUT2D eigenvalue weighted by molar-refractivity contribution is 5.75. The maximum atomic E-state index is 10.8. The Morgan fingerprint density at radius 2 is 1.94 bits per heavy atom. The van der Waals surface area contributed by atoms with E-state index in [2.05, 4.69) is 0 Å². The maximum absolute atomic E-state index is 10.8. The van der Waals surface area contributed by atoms with Crippen molar-refractivity contribution in [2.24, 2.45) is 0 Å². The van der Waals surface area contributed by atoms with Crippen molar-refractivity contribution in [2.45, 2.75) is 25.9 Å². The van der Waals surface area contributed by atoms with Crippen molar-refractivity contribution in [1.29, 1.82) is 0 Å². The Kier molecular flexibility index (Phi) is 4.23. The van der Waals surface area contributed by atoms with Gasteiger partial charge < -0.3 is 15.3 Å². The number of aliphatic hydroxyl groups is 1. The molecule has 0 bridgehead atoms. The van der Waals surface area contributed by atoms with Crippen LogP contribution in [0.4, 0.5) is 0 Å². The number of carbonyl (C=O) groups is 2. The van der Waals surface area contributed by atoms with Gasteiger partial charge in [-0.1, -0.05) is 18.2 Å². The lowest BCUT2D eigenvalue weighted by Crippen LogP contribution is -2.15. The third kappa shape index (κ3) is 3.29. The first-order valence-corrected chi connectivity index (χ1v) is 5.14. The van der Waals surface area contributed by atoms with Crippen molar-refractivity contribution in [2.75, 3.05) is 0 Å². The molecule has 0 heterocycles. The van der Waals surface area contributed by atoms with Gasteiger partial charge in [-0.05, 0) is 30.0 Å². The molecule has 17 heavy (non-hydrogen) atoms. The highest BCUT2D eigenvalue weighted by atomic mass is 16.4. The lowest BCUT2D eigenvalue weighted by Gasteiger charge is -2.14. The normalized spacial score (nSPS) is 12.1. The average molecular weight is 238 g/mol. The predicted octanol–water partition coefficient (Wildman–Crippen LogP) is 1.13. The minimum absolute atomic E-state index is 0.0945. The molecule has 0 saturated carbocycles. The fourth-order valence-corrected chi connectivity index (χ4v) is 1.72. The first-order chi connectivity index (χ1) is 7.93. The SMILES string of the molecule is Cc1cccc(CCC(=O)O)c1C(O)C(=O)O. The Labute approximate surface area is 98.3 Å². The highest BCUT2D eigenvalue weighted by Crippen LogP contribution is 2.23. The first-order valence-electron chi connectivity index (χ1n) is 5.14. The number of carboxylic acids is 2. The van der Waals surface area contributed by atoms with Gasteiger partial charge in [0.1, 0.15) is 0 Å². The third-order valence-electron chi connectivity index (χ3n) is 2.53. The van der Waals surface area contributed by atoms with Crippen LogP contribution in [-0.4, -0.2) is 27.3 Å². The lowest BCUT2D eigenvalue weighted by atomic mass is 9.94. The molecule has 0 fully saturated rings. The molecule has 1 unspecified atom stereocenters. The van der Waals surface area contributed by atoms with Crippen molar-refractivity contribution in [3.8, 4) is 0 Å². The number of aryl methyl sites for hydroxylation is 2. The number of aliphatic carboxylic acids is 2. The van der Waals surface area contributed by atoms with E-state index in [9.17, 15) is 14.7 Å². The van der Waals surface area contributed by atoms with Crippen LogP contribution >= 0.6 is 0 Å². The minimum atomic E-state index is -1.61. The van der Waals surface area contributed by atoms with Crippen LogP contribution in [0.5, 0.6) is 0 Å². The summed E-state index contributed by atoms with van der Waals surface area (Å²) in [7, 11) is 0. The van der Waals surface area contributed by atoms with Gasteiger partial charge >= 0.3 is 11.9 Å². The molecule has 0 spiro atoms. The van der Waals surface area contributed by atoms with Crippen LogP contribution in [0.2, 0.25) is 0 Å². The Morgan fingerprint density at radius 3 is 2.47 bits per heavy atom. The van der Waals surface area contributed by atoms with Gasteiger partial charge in [0, 0.05) is 6.42 Å². The number of hydrogen-bond donors (Lipinski definition) is 3. The summed E-state index contributed by atoms with van der Waals surface area (Å²) in [4.78, 5) is 21.3. The Bertz CT molecular complexity index is 439. The molecule has 0 aliphatic carbocycles. The Balaban J connectivity index is 3.08. The van der Waals surface area contributed by atoms with Crippen LogP contribution in [0, 0.1) is 6.92 Å². The molecule has 5 nitrogen and oxygen atoms in total. The van der Waals surface area contributed by atoms with Gasteiger partial charge in [-0.3, -0.25) is 4.79 Å². The standard InChI is InChI=1S/C12H14O5/c1-7-3-2-4-8(5-6-9(13)14)10(7)11(15)12(16)17/h2-4,11,15H,5-6H2,1H3,(H,13,14)(H,16,17). The summed E-state index contributed by atoms with van der Waals surface area (Å²) in [6, 6.07) is 5.04. The molecule has 0 aliphatic rings. The molecule has 0 saturated heterocycles. The van der Waals surface area contributed by atoms with E-state index in [4.69, 9.17) is 10.2 Å². The van der Waals surface area contributed by atoms with Crippen molar-refractivity contribution in [3.63, 3.8) is 0 Å². The predicted molar refractivity (Wildman–Crippen MR) is 59.7 cm³/mol. The van der Waals surface area contributed by atoms with Gasteiger partial charge in [0.05, 0.1) is 0 Å². The Hall–Kier alpha value is -1.88. The van der Waals surface area contributed by atoms with E-state index >= 15 is 0 Å². The van der Waals surface area contributed by atoms with Crippen LogP contribution in [0.25, 0.3) is 0 Å². The van der Waals surface area contributed by atoms with E-state index in [-0.39, 0.29) is 12.8 Å². The molecule has 92 valence electrons. The second kappa shape index (κ2) is 5.45. The average Bonchev–Trinajstić information content (AvgIpc) is 2.25. The first kappa shape index (κ1) is 13.2. The number of hydrogen-bond acceptors (Lipinski definition) is 3. The summed E-state index contributed by atoms with van der Waals surface area (Å²) >= 11 is 0. The van der Waals surface area contributed by atoms with Crippen molar-refractivity contribution in [1.82, 2.24) is 0 Å². The van der Waals surface area contributed by atoms with Crippen LogP contribution in [0.15, 0.2) is 18.2 Å². The topological polar surface area (TPSA) is 94.8 Å². The van der Waals surface area contributed by atoms with Crippen LogP contribution in [-0.2, 0) is 16.0 Å². The molecule has 3 N–H and O–H groups in total. The summed E-state index contributed by atoms with van der Waals surface area (Å²) in [5.41, 5.74) is 1.49. The molecular weight excluding hydrogens is 224 g/mol. The monoisotopic (exact) mass is 238 g/mol. The molecule has 0 amide bonds. The van der Waals surface area contributed by atoms with Gasteiger partial charge in [-0.15, -0.1) is 0 Å². The molecule has 5 heteroatoms. The second-order valence-corrected chi connectivity index (χ2v) is 3.78. The van der Waals surface area contributed by atoms with Crippen molar-refractivity contribution in [3.05, 3.63) is 34.9 Å². The smallest absolute Gasteiger partial charge is 0.337 e. The summed E-state index contributed by atoms with van der Waals surface area (Å²) in [5, 5.41) is 27.0. The van der Waals surface area contributed by atoms with E-state index in [1.807, 2.05) is 0 Å². The van der Waals surface area contributed by atoms with Gasteiger partial charge in [0.2, 0.25) is 0 Å². The van der Waals surface area contributed by atoms with E-state index < -0.39 is 18.0 Å². The molecule has 1 rings (SSSR count). The lowest BCUT2D eigenvalue weighted by molar-refractivity contribution is -0.147. The number of aliphatic hydroxyl groups excluding tert-OH is 1. The molecule has 1 aromatic carbocycles. The van der Waals surface area contributed by atoms with Crippen LogP contribution < -0.4 is 0 Å². The van der Waals surface area contributed by atoms with E-state index in [1.165, 1.54) is 0 Å². The zero-order valence-electron chi connectivity index (χ0n) is 9.38. The van der Waals surface area contributed by atoms with Crippen LogP contribution in [0.1, 0.15) is 29.2 Å². The number of rotatable bonds is 5. The van der Waals surface area contributed by atoms with Crippen LogP contribution in [0.3, 0.4) is 0 Å². The van der Waals surface area contributed by atoms with E-state index in [0.717, 1.165) is 0 Å². The third-order valence-corrected chi connectivity index (χ3v) is 2.53. The van der Waals surface area contributed by atoms with Gasteiger partial charge in [0.15, 0.2) is 6.10 Å². The number of benzene rings is 1. The molecule has 1 atom stereocenters. The van der Waals surface area contributed by atoms with E-state index in [0.29, 0.717) is 16.7 Å². The van der Waals surface area contributed by atoms with Gasteiger partial charge in [-0.25, -0.2) is 4.79 Å². The molecule has 1 aromatic rings. The zero-order valence-corrected chi connectivity index (χ0v) is 9.38. The zero-order chi connectivity index (χ0) is 13.0. The maximum Gasteiger partial charge on any atom is 0.337 e. The number of carboxylic acid groups (broad SMARTS) is 2. The molecule has 0 aliphatic heterocycles. The largest absolute Gasteiger partial charge is 0.481 e. The summed E-state index contributed by atoms with van der Waals surface area (Å²) in [6.45, 7) is 1.69. The molecular formula is C12H14O5. The van der Waals surface area contributed by atoms with Gasteiger partial charge in [0.25, 0.3) is 0 Å².